The van der Waals surface area contributed by atoms with Gasteiger partial charge in [0.1, 0.15) is 12.4 Å². The monoisotopic (exact) mass is 273 g/mol. The maximum Gasteiger partial charge on any atom is 0.130 e. The first-order valence-electron chi connectivity index (χ1n) is 7.18. The Balaban J connectivity index is 2.02. The van der Waals surface area contributed by atoms with E-state index in [0.717, 1.165) is 35.7 Å². The zero-order valence-electron chi connectivity index (χ0n) is 12.5. The molecule has 2 aromatic rings. The number of rotatable bonds is 6. The second kappa shape index (κ2) is 6.57. The second-order valence-corrected chi connectivity index (χ2v) is 4.94. The van der Waals surface area contributed by atoms with Crippen molar-refractivity contribution in [2.75, 3.05) is 0 Å². The summed E-state index contributed by atoms with van der Waals surface area (Å²) in [7, 11) is 0. The highest BCUT2D eigenvalue weighted by Crippen LogP contribution is 2.17. The van der Waals surface area contributed by atoms with Crippen molar-refractivity contribution in [1.82, 2.24) is 9.78 Å². The third-order valence-corrected chi connectivity index (χ3v) is 3.37. The van der Waals surface area contributed by atoms with Crippen molar-refractivity contribution in [3.05, 3.63) is 47.3 Å². The zero-order valence-corrected chi connectivity index (χ0v) is 12.5. The van der Waals surface area contributed by atoms with Crippen molar-refractivity contribution >= 4 is 0 Å². The van der Waals surface area contributed by atoms with E-state index in [1.165, 1.54) is 0 Å². The Labute approximate surface area is 120 Å². The number of ether oxygens (including phenoxy) is 1. The zero-order chi connectivity index (χ0) is 14.5. The molecule has 0 saturated heterocycles. The molecule has 2 N–H and O–H groups in total. The second-order valence-electron chi connectivity index (χ2n) is 4.94. The van der Waals surface area contributed by atoms with Gasteiger partial charge in [0, 0.05) is 12.6 Å². The average molecular weight is 273 g/mol. The van der Waals surface area contributed by atoms with Crippen molar-refractivity contribution in [2.45, 2.75) is 46.4 Å². The summed E-state index contributed by atoms with van der Waals surface area (Å²) in [6.45, 7) is 7.58. The molecule has 0 spiro atoms. The van der Waals surface area contributed by atoms with Gasteiger partial charge in [-0.15, -0.1) is 0 Å². The molecule has 108 valence electrons. The molecule has 1 atom stereocenters. The number of nitrogens with two attached hydrogens (primary N) is 1. The molecule has 0 saturated carbocycles. The van der Waals surface area contributed by atoms with Gasteiger partial charge in [0.15, 0.2) is 0 Å². The Morgan fingerprint density at radius 1 is 1.25 bits per heavy atom. The fourth-order valence-corrected chi connectivity index (χ4v) is 2.10. The molecule has 1 aromatic heterocycles. The number of hydrogen-bond acceptors (Lipinski definition) is 3. The van der Waals surface area contributed by atoms with Crippen LogP contribution in [0.2, 0.25) is 0 Å². The van der Waals surface area contributed by atoms with Crippen LogP contribution in [0.1, 0.15) is 43.8 Å². The molecule has 0 aliphatic carbocycles. The summed E-state index contributed by atoms with van der Waals surface area (Å²) >= 11 is 0. The molecule has 1 aromatic carbocycles. The minimum Gasteiger partial charge on any atom is -0.487 e. The highest BCUT2D eigenvalue weighted by atomic mass is 16.5. The van der Waals surface area contributed by atoms with Crippen molar-refractivity contribution in [2.24, 2.45) is 5.73 Å². The lowest BCUT2D eigenvalue weighted by Gasteiger charge is -2.09. The molecule has 0 amide bonds. The summed E-state index contributed by atoms with van der Waals surface area (Å²) in [5, 5.41) is 4.52. The van der Waals surface area contributed by atoms with Crippen LogP contribution in [0.25, 0.3) is 0 Å². The molecule has 20 heavy (non-hydrogen) atoms. The Morgan fingerprint density at radius 2 is 1.95 bits per heavy atom. The van der Waals surface area contributed by atoms with Crippen LogP contribution in [-0.4, -0.2) is 9.78 Å². The molecule has 0 fully saturated rings. The van der Waals surface area contributed by atoms with Gasteiger partial charge < -0.3 is 10.5 Å². The Bertz CT molecular complexity index is 543. The normalized spacial score (nSPS) is 12.4. The molecule has 4 nitrogen and oxygen atoms in total. The van der Waals surface area contributed by atoms with Crippen LogP contribution in [0, 0.1) is 0 Å². The molecular formula is C16H23N3O. The van der Waals surface area contributed by atoms with Gasteiger partial charge in [-0.1, -0.05) is 19.1 Å². The maximum absolute atomic E-state index is 5.83. The van der Waals surface area contributed by atoms with Gasteiger partial charge in [-0.2, -0.15) is 5.10 Å². The average Bonchev–Trinajstić information content (AvgIpc) is 2.88. The van der Waals surface area contributed by atoms with Gasteiger partial charge >= 0.3 is 0 Å². The fraction of sp³-hybridized carbons (Fsp3) is 0.438. The molecule has 1 heterocycles. The summed E-state index contributed by atoms with van der Waals surface area (Å²) < 4.78 is 7.82. The van der Waals surface area contributed by atoms with Crippen molar-refractivity contribution in [1.29, 1.82) is 0 Å². The van der Waals surface area contributed by atoms with E-state index in [4.69, 9.17) is 10.5 Å². The van der Waals surface area contributed by atoms with Crippen LogP contribution in [-0.2, 0) is 19.6 Å². The first-order chi connectivity index (χ1) is 9.63. The van der Waals surface area contributed by atoms with Crippen molar-refractivity contribution in [3.8, 4) is 5.75 Å². The molecule has 0 aliphatic heterocycles. The largest absolute Gasteiger partial charge is 0.487 e. The minimum absolute atomic E-state index is 0.0534. The fourth-order valence-electron chi connectivity index (χ4n) is 2.10. The van der Waals surface area contributed by atoms with Gasteiger partial charge in [-0.3, -0.25) is 4.68 Å². The summed E-state index contributed by atoms with van der Waals surface area (Å²) in [6.07, 6.45) is 0.948. The topological polar surface area (TPSA) is 53.1 Å². The smallest absolute Gasteiger partial charge is 0.130 e. The summed E-state index contributed by atoms with van der Waals surface area (Å²) in [4.78, 5) is 0. The predicted molar refractivity (Wildman–Crippen MR) is 80.7 cm³/mol. The Kier molecular flexibility index (Phi) is 4.79. The molecule has 4 heteroatoms. The molecule has 0 radical (unpaired) electrons. The van der Waals surface area contributed by atoms with Crippen LogP contribution in [0.4, 0.5) is 0 Å². The van der Waals surface area contributed by atoms with Crippen molar-refractivity contribution < 1.29 is 4.74 Å². The molecule has 0 aliphatic rings. The maximum atomic E-state index is 5.83. The molecule has 0 bridgehead atoms. The number of aryl methyl sites for hydroxylation is 2. The number of aromatic nitrogens is 2. The number of hydrogen-bond donors (Lipinski definition) is 1. The van der Waals surface area contributed by atoms with Crippen LogP contribution in [0.15, 0.2) is 30.3 Å². The molecule has 2 rings (SSSR count). The molecular weight excluding hydrogens is 250 g/mol. The third-order valence-electron chi connectivity index (χ3n) is 3.37. The van der Waals surface area contributed by atoms with E-state index in [2.05, 4.69) is 25.0 Å². The van der Waals surface area contributed by atoms with Crippen LogP contribution >= 0.6 is 0 Å². The first-order valence-corrected chi connectivity index (χ1v) is 7.18. The lowest BCUT2D eigenvalue weighted by Crippen LogP contribution is -2.07. The summed E-state index contributed by atoms with van der Waals surface area (Å²) in [6, 6.07) is 10.1. The Morgan fingerprint density at radius 3 is 2.50 bits per heavy atom. The lowest BCUT2D eigenvalue weighted by molar-refractivity contribution is 0.292. The van der Waals surface area contributed by atoms with Gasteiger partial charge in [0.25, 0.3) is 0 Å². The minimum atomic E-state index is 0.0534. The van der Waals surface area contributed by atoms with E-state index in [9.17, 15) is 0 Å². The van der Waals surface area contributed by atoms with Crippen LogP contribution in [0.5, 0.6) is 5.75 Å². The van der Waals surface area contributed by atoms with Gasteiger partial charge in [0.2, 0.25) is 0 Å². The first kappa shape index (κ1) is 14.6. The van der Waals surface area contributed by atoms with E-state index >= 15 is 0 Å². The quantitative estimate of drug-likeness (QED) is 0.880. The standard InChI is InChI=1S/C16H23N3O/c1-4-14-10-15(19(5-2)18-14)11-20-16-8-6-13(7-9-16)12(3)17/h6-10,12H,4-5,11,17H2,1-3H3/t12-/m1/s1. The van der Waals surface area contributed by atoms with Gasteiger partial charge in [0.05, 0.1) is 11.4 Å². The number of nitrogens with zero attached hydrogens (tertiary/aromatic N) is 2. The van der Waals surface area contributed by atoms with Gasteiger partial charge in [-0.25, -0.2) is 0 Å². The summed E-state index contributed by atoms with van der Waals surface area (Å²) in [5.74, 6) is 0.858. The van der Waals surface area contributed by atoms with Crippen LogP contribution in [0.3, 0.4) is 0 Å². The van der Waals surface area contributed by atoms with E-state index < -0.39 is 0 Å². The Hall–Kier alpha value is -1.81. The van der Waals surface area contributed by atoms with Crippen LogP contribution < -0.4 is 10.5 Å². The predicted octanol–water partition coefficient (Wildman–Crippen LogP) is 3.06. The SMILES string of the molecule is CCc1cc(COc2ccc([C@@H](C)N)cc2)n(CC)n1. The van der Waals surface area contributed by atoms with Gasteiger partial charge in [-0.05, 0) is 44.0 Å². The highest BCUT2D eigenvalue weighted by Gasteiger charge is 2.06. The number of benzene rings is 1. The van der Waals surface area contributed by atoms with E-state index in [1.807, 2.05) is 35.9 Å². The van der Waals surface area contributed by atoms with E-state index in [1.54, 1.807) is 0 Å². The van der Waals surface area contributed by atoms with E-state index in [0.29, 0.717) is 6.61 Å². The third kappa shape index (κ3) is 3.39. The van der Waals surface area contributed by atoms with E-state index in [-0.39, 0.29) is 6.04 Å². The lowest BCUT2D eigenvalue weighted by atomic mass is 10.1. The summed E-state index contributed by atoms with van der Waals surface area (Å²) in [5.41, 5.74) is 9.17. The molecule has 0 unspecified atom stereocenters. The highest BCUT2D eigenvalue weighted by molar-refractivity contribution is 5.29. The van der Waals surface area contributed by atoms with Crippen molar-refractivity contribution in [3.63, 3.8) is 0 Å².